The van der Waals surface area contributed by atoms with E-state index in [9.17, 15) is 13.2 Å². The average Bonchev–Trinajstić information content (AvgIpc) is 2.35. The second-order valence-corrected chi connectivity index (χ2v) is 6.84. The molecule has 1 aliphatic heterocycles. The molecule has 0 saturated carbocycles. The third-order valence-electron chi connectivity index (χ3n) is 3.23. The lowest BCUT2D eigenvalue weighted by Gasteiger charge is -2.34. The van der Waals surface area contributed by atoms with Crippen LogP contribution in [0.25, 0.3) is 0 Å². The van der Waals surface area contributed by atoms with E-state index in [0.717, 1.165) is 25.6 Å². The van der Waals surface area contributed by atoms with E-state index in [4.69, 9.17) is 4.74 Å². The monoisotopic (exact) mass is 292 g/mol. The number of piperidine rings is 1. The lowest BCUT2D eigenvalue weighted by Crippen LogP contribution is -2.47. The van der Waals surface area contributed by atoms with E-state index in [1.165, 1.54) is 0 Å². The van der Waals surface area contributed by atoms with Gasteiger partial charge in [0.05, 0.1) is 6.26 Å². The van der Waals surface area contributed by atoms with Crippen LogP contribution in [0.3, 0.4) is 0 Å². The van der Waals surface area contributed by atoms with Crippen LogP contribution >= 0.6 is 0 Å². The molecule has 0 aromatic rings. The number of amides is 1. The molecule has 6 nitrogen and oxygen atoms in total. The smallest absolute Gasteiger partial charge is 0.251 e. The van der Waals surface area contributed by atoms with Gasteiger partial charge in [-0.1, -0.05) is 0 Å². The molecule has 1 amide bonds. The van der Waals surface area contributed by atoms with Crippen molar-refractivity contribution in [2.75, 3.05) is 32.5 Å². The highest BCUT2D eigenvalue weighted by Crippen LogP contribution is 2.17. The second kappa shape index (κ2) is 7.21. The lowest BCUT2D eigenvalue weighted by molar-refractivity contribution is -0.144. The number of hydrogen-bond acceptors (Lipinski definition) is 4. The minimum Gasteiger partial charge on any atom is -0.369 e. The van der Waals surface area contributed by atoms with Gasteiger partial charge in [-0.2, -0.15) is 0 Å². The van der Waals surface area contributed by atoms with Gasteiger partial charge in [-0.3, -0.25) is 4.79 Å². The van der Waals surface area contributed by atoms with E-state index in [-0.39, 0.29) is 11.8 Å². The zero-order chi connectivity index (χ0) is 14.5. The lowest BCUT2D eigenvalue weighted by atomic mass is 9.98. The summed E-state index contributed by atoms with van der Waals surface area (Å²) in [5, 5.41) is 0. The van der Waals surface area contributed by atoms with Gasteiger partial charge in [0.25, 0.3) is 5.91 Å². The maximum Gasteiger partial charge on any atom is 0.251 e. The van der Waals surface area contributed by atoms with Crippen molar-refractivity contribution >= 4 is 15.9 Å². The Morgan fingerprint density at radius 2 is 2.21 bits per heavy atom. The minimum absolute atomic E-state index is 0.00842. The van der Waals surface area contributed by atoms with Gasteiger partial charge in [-0.25, -0.2) is 13.1 Å². The Labute approximate surface area is 115 Å². The number of nitrogens with zero attached hydrogens (tertiary/aromatic N) is 1. The van der Waals surface area contributed by atoms with Crippen LogP contribution in [-0.4, -0.2) is 57.8 Å². The van der Waals surface area contributed by atoms with Crippen LogP contribution in [0.1, 0.15) is 26.7 Å². The fourth-order valence-corrected chi connectivity index (χ4v) is 2.82. The number of ether oxygens (including phenoxy) is 1. The number of nitrogens with one attached hydrogen (secondary N) is 1. The normalized spacial score (nSPS) is 22.3. The molecule has 1 heterocycles. The van der Waals surface area contributed by atoms with Gasteiger partial charge in [-0.05, 0) is 32.6 Å². The molecule has 112 valence electrons. The van der Waals surface area contributed by atoms with Crippen molar-refractivity contribution in [2.24, 2.45) is 5.92 Å². The van der Waals surface area contributed by atoms with E-state index < -0.39 is 16.1 Å². The Morgan fingerprint density at radius 3 is 2.79 bits per heavy atom. The number of rotatable bonds is 6. The fraction of sp³-hybridized carbons (Fsp3) is 0.917. The van der Waals surface area contributed by atoms with Gasteiger partial charge < -0.3 is 9.64 Å². The Balaban J connectivity index is 2.47. The molecule has 1 rings (SSSR count). The van der Waals surface area contributed by atoms with E-state index in [1.807, 2.05) is 6.92 Å². The van der Waals surface area contributed by atoms with Crippen LogP contribution in [0.4, 0.5) is 0 Å². The predicted octanol–water partition coefficient (Wildman–Crippen LogP) is 0.199. The Kier molecular flexibility index (Phi) is 6.22. The molecule has 0 aromatic carbocycles. The SMILES string of the molecule is CCO[C@@H](C)C(=O)N1CCC[C@H](CNS(C)(=O)=O)C1. The molecule has 2 atom stereocenters. The zero-order valence-electron chi connectivity index (χ0n) is 11.9. The maximum atomic E-state index is 12.1. The van der Waals surface area contributed by atoms with Crippen LogP contribution in [0.2, 0.25) is 0 Å². The Hall–Kier alpha value is -0.660. The van der Waals surface area contributed by atoms with Crippen molar-refractivity contribution < 1.29 is 17.9 Å². The molecule has 7 heteroatoms. The molecule has 1 saturated heterocycles. The van der Waals surface area contributed by atoms with Gasteiger partial charge in [0.2, 0.25) is 10.0 Å². The van der Waals surface area contributed by atoms with Crippen LogP contribution in [-0.2, 0) is 19.6 Å². The first-order chi connectivity index (χ1) is 8.83. The van der Waals surface area contributed by atoms with Crippen molar-refractivity contribution in [3.05, 3.63) is 0 Å². The number of sulfonamides is 1. The summed E-state index contributed by atoms with van der Waals surface area (Å²) in [6, 6.07) is 0. The van der Waals surface area contributed by atoms with Gasteiger partial charge in [0, 0.05) is 26.2 Å². The van der Waals surface area contributed by atoms with E-state index in [0.29, 0.717) is 19.7 Å². The van der Waals surface area contributed by atoms with Gasteiger partial charge in [-0.15, -0.1) is 0 Å². The van der Waals surface area contributed by atoms with Crippen molar-refractivity contribution in [1.82, 2.24) is 9.62 Å². The minimum atomic E-state index is -3.16. The molecule has 1 aliphatic rings. The molecule has 0 radical (unpaired) electrons. The summed E-state index contributed by atoms with van der Waals surface area (Å²) in [4.78, 5) is 13.9. The summed E-state index contributed by atoms with van der Waals surface area (Å²) in [7, 11) is -3.16. The summed E-state index contributed by atoms with van der Waals surface area (Å²) in [5.74, 6) is 0.173. The number of carbonyl (C=O) groups is 1. The van der Waals surface area contributed by atoms with E-state index in [1.54, 1.807) is 11.8 Å². The highest BCUT2D eigenvalue weighted by atomic mass is 32.2. The van der Waals surface area contributed by atoms with Crippen LogP contribution in [0.15, 0.2) is 0 Å². The highest BCUT2D eigenvalue weighted by Gasteiger charge is 2.27. The van der Waals surface area contributed by atoms with Gasteiger partial charge in [0.1, 0.15) is 6.10 Å². The number of likely N-dealkylation sites (tertiary alicyclic amines) is 1. The summed E-state index contributed by atoms with van der Waals surface area (Å²) < 4.78 is 30.0. The molecule has 0 aliphatic carbocycles. The molecule has 0 unspecified atom stereocenters. The number of carbonyl (C=O) groups excluding carboxylic acids is 1. The first kappa shape index (κ1) is 16.4. The Morgan fingerprint density at radius 1 is 1.53 bits per heavy atom. The molecule has 0 bridgehead atoms. The molecule has 0 aromatic heterocycles. The molecular formula is C12H24N2O4S. The van der Waals surface area contributed by atoms with Crippen LogP contribution in [0, 0.1) is 5.92 Å². The quantitative estimate of drug-likeness (QED) is 0.759. The Bertz CT molecular complexity index is 397. The average molecular weight is 292 g/mol. The van der Waals surface area contributed by atoms with Gasteiger partial charge in [0.15, 0.2) is 0 Å². The van der Waals surface area contributed by atoms with Crippen LogP contribution < -0.4 is 4.72 Å². The first-order valence-electron chi connectivity index (χ1n) is 6.68. The van der Waals surface area contributed by atoms with Gasteiger partial charge >= 0.3 is 0 Å². The molecule has 0 spiro atoms. The summed E-state index contributed by atoms with van der Waals surface area (Å²) in [6.45, 7) is 5.85. The molecular weight excluding hydrogens is 268 g/mol. The second-order valence-electron chi connectivity index (χ2n) is 5.01. The molecule has 19 heavy (non-hydrogen) atoms. The fourth-order valence-electron chi connectivity index (χ4n) is 2.28. The highest BCUT2D eigenvalue weighted by molar-refractivity contribution is 7.88. The third kappa shape index (κ3) is 5.88. The number of hydrogen-bond donors (Lipinski definition) is 1. The van der Waals surface area contributed by atoms with E-state index >= 15 is 0 Å². The topological polar surface area (TPSA) is 75.7 Å². The van der Waals surface area contributed by atoms with Crippen molar-refractivity contribution in [1.29, 1.82) is 0 Å². The van der Waals surface area contributed by atoms with Crippen molar-refractivity contribution in [2.45, 2.75) is 32.8 Å². The largest absolute Gasteiger partial charge is 0.369 e. The zero-order valence-corrected chi connectivity index (χ0v) is 12.7. The summed E-state index contributed by atoms with van der Waals surface area (Å²) in [6.07, 6.45) is 2.57. The molecule has 1 fully saturated rings. The van der Waals surface area contributed by atoms with E-state index in [2.05, 4.69) is 4.72 Å². The molecule has 1 N–H and O–H groups in total. The van der Waals surface area contributed by atoms with Crippen molar-refractivity contribution in [3.63, 3.8) is 0 Å². The van der Waals surface area contributed by atoms with Crippen molar-refractivity contribution in [3.8, 4) is 0 Å². The van der Waals surface area contributed by atoms with Crippen LogP contribution in [0.5, 0.6) is 0 Å². The summed E-state index contributed by atoms with van der Waals surface area (Å²) >= 11 is 0. The third-order valence-corrected chi connectivity index (χ3v) is 3.92. The summed E-state index contributed by atoms with van der Waals surface area (Å²) in [5.41, 5.74) is 0. The first-order valence-corrected chi connectivity index (χ1v) is 8.57. The maximum absolute atomic E-state index is 12.1. The predicted molar refractivity (Wildman–Crippen MR) is 73.2 cm³/mol. The standard InChI is InChI=1S/C12H24N2O4S/c1-4-18-10(2)12(15)14-7-5-6-11(9-14)8-13-19(3,16)17/h10-11,13H,4-9H2,1-3H3/t10-,11+/m0/s1.